The van der Waals surface area contributed by atoms with E-state index in [0.717, 1.165) is 5.56 Å². The van der Waals surface area contributed by atoms with Gasteiger partial charge in [-0.3, -0.25) is 0 Å². The molecule has 2 heterocycles. The number of aryl methyl sites for hydroxylation is 1. The molecule has 5 nitrogen and oxygen atoms in total. The van der Waals surface area contributed by atoms with Gasteiger partial charge in [-0.2, -0.15) is 8.42 Å². The zero-order valence-corrected chi connectivity index (χ0v) is 10.9. The molecule has 0 unspecified atom stereocenters. The first-order valence-corrected chi connectivity index (χ1v) is 7.03. The molecule has 0 spiro atoms. The quantitative estimate of drug-likeness (QED) is 0.747. The van der Waals surface area contributed by atoms with Crippen molar-refractivity contribution in [1.82, 2.24) is 4.98 Å². The first-order chi connectivity index (χ1) is 9.06. The Morgan fingerprint density at radius 1 is 1.16 bits per heavy atom. The van der Waals surface area contributed by atoms with Crippen molar-refractivity contribution in [3.8, 4) is 5.75 Å². The number of aromatic nitrogens is 1. The van der Waals surface area contributed by atoms with Gasteiger partial charge in [-0.15, -0.1) is 0 Å². The van der Waals surface area contributed by atoms with Gasteiger partial charge in [0.15, 0.2) is 5.58 Å². The lowest BCUT2D eigenvalue weighted by molar-refractivity contribution is 0.480. The van der Waals surface area contributed by atoms with E-state index >= 15 is 0 Å². The SMILES string of the molecule is Cc1ccc(S(=O)(=O)Oc2c[nH]c3ccoc23)cc1. The van der Waals surface area contributed by atoms with E-state index in [9.17, 15) is 8.42 Å². The average Bonchev–Trinajstić information content (AvgIpc) is 2.95. The minimum Gasteiger partial charge on any atom is -0.459 e. The van der Waals surface area contributed by atoms with Crippen LogP contribution in [0.15, 0.2) is 52.1 Å². The molecule has 0 fully saturated rings. The number of aromatic amines is 1. The predicted octanol–water partition coefficient (Wildman–Crippen LogP) is 2.84. The summed E-state index contributed by atoms with van der Waals surface area (Å²) in [5.41, 5.74) is 2.05. The molecule has 0 amide bonds. The summed E-state index contributed by atoms with van der Waals surface area (Å²) in [7, 11) is -3.85. The maximum absolute atomic E-state index is 12.1. The molecule has 0 saturated carbocycles. The van der Waals surface area contributed by atoms with Gasteiger partial charge >= 0.3 is 10.1 Å². The van der Waals surface area contributed by atoms with Gasteiger partial charge in [0.05, 0.1) is 11.8 Å². The van der Waals surface area contributed by atoms with Gasteiger partial charge in [0.25, 0.3) is 0 Å². The van der Waals surface area contributed by atoms with E-state index in [1.807, 2.05) is 6.92 Å². The molecule has 0 atom stereocenters. The van der Waals surface area contributed by atoms with Gasteiger partial charge in [0.2, 0.25) is 5.75 Å². The predicted molar refractivity (Wildman–Crippen MR) is 69.6 cm³/mol. The second-order valence-electron chi connectivity index (χ2n) is 4.17. The van der Waals surface area contributed by atoms with Crippen LogP contribution in [-0.4, -0.2) is 13.4 Å². The summed E-state index contributed by atoms with van der Waals surface area (Å²) in [4.78, 5) is 2.98. The smallest absolute Gasteiger partial charge is 0.339 e. The molecule has 0 bridgehead atoms. The number of nitrogens with one attached hydrogen (secondary N) is 1. The zero-order chi connectivity index (χ0) is 13.5. The number of H-pyrrole nitrogens is 1. The summed E-state index contributed by atoms with van der Waals surface area (Å²) in [6, 6.07) is 8.15. The van der Waals surface area contributed by atoms with Gasteiger partial charge in [0.1, 0.15) is 4.90 Å². The summed E-state index contributed by atoms with van der Waals surface area (Å²) in [5, 5.41) is 0. The number of hydrogen-bond donors (Lipinski definition) is 1. The molecule has 0 aliphatic rings. The fraction of sp³-hybridized carbons (Fsp3) is 0.0769. The molecular formula is C13H11NO4S. The molecule has 0 aliphatic heterocycles. The summed E-state index contributed by atoms with van der Waals surface area (Å²) in [6.07, 6.45) is 2.92. The summed E-state index contributed by atoms with van der Waals surface area (Å²) >= 11 is 0. The van der Waals surface area contributed by atoms with Gasteiger partial charge < -0.3 is 13.6 Å². The lowest BCUT2D eigenvalue weighted by Gasteiger charge is -2.05. The topological polar surface area (TPSA) is 72.3 Å². The number of fused-ring (bicyclic) bond motifs is 1. The van der Waals surface area contributed by atoms with E-state index < -0.39 is 10.1 Å². The molecule has 98 valence electrons. The second-order valence-corrected chi connectivity index (χ2v) is 5.71. The third-order valence-electron chi connectivity index (χ3n) is 2.76. The molecule has 0 saturated heterocycles. The number of rotatable bonds is 3. The molecule has 3 aromatic rings. The standard InChI is InChI=1S/C13H11NO4S/c1-9-2-4-10(5-3-9)19(15,16)18-12-8-14-11-6-7-17-13(11)12/h2-8,14H,1H3. The van der Waals surface area contributed by atoms with Gasteiger partial charge in [-0.05, 0) is 19.1 Å². The Labute approximate surface area is 109 Å². The second kappa shape index (κ2) is 4.17. The number of furan rings is 1. The average molecular weight is 277 g/mol. The lowest BCUT2D eigenvalue weighted by Crippen LogP contribution is -2.09. The fourth-order valence-corrected chi connectivity index (χ4v) is 2.68. The third-order valence-corrected chi connectivity index (χ3v) is 4.01. The van der Waals surface area contributed by atoms with Crippen LogP contribution in [-0.2, 0) is 10.1 Å². The molecule has 1 aromatic carbocycles. The fourth-order valence-electron chi connectivity index (χ4n) is 1.76. The van der Waals surface area contributed by atoms with Crippen molar-refractivity contribution >= 4 is 21.2 Å². The minimum atomic E-state index is -3.85. The summed E-state index contributed by atoms with van der Waals surface area (Å²) in [6.45, 7) is 1.88. The van der Waals surface area contributed by atoms with E-state index in [4.69, 9.17) is 8.60 Å². The summed E-state index contributed by atoms with van der Waals surface area (Å²) in [5.74, 6) is 0.153. The molecular weight excluding hydrogens is 266 g/mol. The number of benzene rings is 1. The Morgan fingerprint density at radius 3 is 2.63 bits per heavy atom. The highest BCUT2D eigenvalue weighted by molar-refractivity contribution is 7.87. The van der Waals surface area contributed by atoms with Crippen molar-refractivity contribution in [2.45, 2.75) is 11.8 Å². The Balaban J connectivity index is 1.98. The van der Waals surface area contributed by atoms with Crippen LogP contribution >= 0.6 is 0 Å². The van der Waals surface area contributed by atoms with Crippen LogP contribution in [0, 0.1) is 6.92 Å². The largest absolute Gasteiger partial charge is 0.459 e. The van der Waals surface area contributed by atoms with E-state index in [0.29, 0.717) is 11.1 Å². The van der Waals surface area contributed by atoms with Crippen molar-refractivity contribution < 1.29 is 17.0 Å². The molecule has 2 aromatic heterocycles. The Morgan fingerprint density at radius 2 is 1.89 bits per heavy atom. The van der Waals surface area contributed by atoms with E-state index in [1.165, 1.54) is 24.6 Å². The monoisotopic (exact) mass is 277 g/mol. The highest BCUT2D eigenvalue weighted by Gasteiger charge is 2.19. The van der Waals surface area contributed by atoms with E-state index in [2.05, 4.69) is 4.98 Å². The molecule has 19 heavy (non-hydrogen) atoms. The van der Waals surface area contributed by atoms with Gasteiger partial charge in [-0.25, -0.2) is 0 Å². The van der Waals surface area contributed by atoms with Gasteiger partial charge in [0, 0.05) is 12.3 Å². The highest BCUT2D eigenvalue weighted by atomic mass is 32.2. The molecule has 1 N–H and O–H groups in total. The van der Waals surface area contributed by atoms with E-state index in [1.54, 1.807) is 18.2 Å². The minimum absolute atomic E-state index is 0.110. The maximum atomic E-state index is 12.1. The normalized spacial score (nSPS) is 11.8. The molecule has 0 aliphatic carbocycles. The van der Waals surface area contributed by atoms with Crippen LogP contribution in [0.1, 0.15) is 5.56 Å². The maximum Gasteiger partial charge on any atom is 0.339 e. The first-order valence-electron chi connectivity index (χ1n) is 5.62. The van der Waals surface area contributed by atoms with Gasteiger partial charge in [-0.1, -0.05) is 17.7 Å². The van der Waals surface area contributed by atoms with Crippen LogP contribution in [0.5, 0.6) is 5.75 Å². The van der Waals surface area contributed by atoms with Crippen molar-refractivity contribution in [3.63, 3.8) is 0 Å². The van der Waals surface area contributed by atoms with Crippen molar-refractivity contribution in [1.29, 1.82) is 0 Å². The Kier molecular flexibility index (Phi) is 2.60. The van der Waals surface area contributed by atoms with Crippen LogP contribution in [0.3, 0.4) is 0 Å². The first kappa shape index (κ1) is 11.9. The van der Waals surface area contributed by atoms with Crippen LogP contribution in [0.25, 0.3) is 11.1 Å². The molecule has 0 radical (unpaired) electrons. The van der Waals surface area contributed by atoms with Crippen LogP contribution in [0.2, 0.25) is 0 Å². The highest BCUT2D eigenvalue weighted by Crippen LogP contribution is 2.28. The third kappa shape index (κ3) is 2.10. The van der Waals surface area contributed by atoms with Crippen LogP contribution in [0.4, 0.5) is 0 Å². The Hall–Kier alpha value is -2.21. The summed E-state index contributed by atoms with van der Waals surface area (Å²) < 4.78 is 34.5. The zero-order valence-electron chi connectivity index (χ0n) is 10.1. The van der Waals surface area contributed by atoms with Crippen LogP contribution < -0.4 is 4.18 Å². The molecule has 3 rings (SSSR count). The lowest BCUT2D eigenvalue weighted by atomic mass is 10.2. The van der Waals surface area contributed by atoms with Crippen molar-refractivity contribution in [2.24, 2.45) is 0 Å². The van der Waals surface area contributed by atoms with E-state index in [-0.39, 0.29) is 10.6 Å². The van der Waals surface area contributed by atoms with Crippen molar-refractivity contribution in [3.05, 3.63) is 48.4 Å². The van der Waals surface area contributed by atoms with Crippen molar-refractivity contribution in [2.75, 3.05) is 0 Å². The molecule has 6 heteroatoms. The number of hydrogen-bond acceptors (Lipinski definition) is 4. The Bertz CT molecular complexity index is 812.